The van der Waals surface area contributed by atoms with Crippen molar-refractivity contribution in [2.45, 2.75) is 42.7 Å². The summed E-state index contributed by atoms with van der Waals surface area (Å²) in [4.78, 5) is 7.29. The van der Waals surface area contributed by atoms with Gasteiger partial charge in [-0.25, -0.2) is 8.42 Å². The summed E-state index contributed by atoms with van der Waals surface area (Å²) in [5.41, 5.74) is 0.733. The Bertz CT molecular complexity index is 857. The summed E-state index contributed by atoms with van der Waals surface area (Å²) in [6.07, 6.45) is 6.16. The van der Waals surface area contributed by atoms with Crippen LogP contribution in [0.4, 0.5) is 0 Å². The van der Waals surface area contributed by atoms with Crippen molar-refractivity contribution in [3.63, 3.8) is 0 Å². The van der Waals surface area contributed by atoms with Crippen molar-refractivity contribution >= 4 is 9.84 Å². The van der Waals surface area contributed by atoms with E-state index in [1.54, 1.807) is 24.3 Å². The van der Waals surface area contributed by atoms with Crippen molar-refractivity contribution in [2.75, 3.05) is 26.0 Å². The topological polar surface area (TPSA) is 85.5 Å². The van der Waals surface area contributed by atoms with Gasteiger partial charge in [0.25, 0.3) is 0 Å². The minimum Gasteiger partial charge on any atom is -0.378 e. The van der Waals surface area contributed by atoms with E-state index in [1.165, 1.54) is 31.9 Å². The van der Waals surface area contributed by atoms with Gasteiger partial charge in [-0.15, -0.1) is 0 Å². The monoisotopic (exact) mass is 377 g/mol. The van der Waals surface area contributed by atoms with Gasteiger partial charge in [0.05, 0.1) is 18.1 Å². The van der Waals surface area contributed by atoms with Gasteiger partial charge in [-0.3, -0.25) is 4.90 Å². The molecule has 1 saturated carbocycles. The van der Waals surface area contributed by atoms with Crippen LogP contribution in [0.2, 0.25) is 0 Å². The van der Waals surface area contributed by atoms with Crippen molar-refractivity contribution in [1.82, 2.24) is 15.0 Å². The Morgan fingerprint density at radius 2 is 1.88 bits per heavy atom. The first-order chi connectivity index (χ1) is 12.5. The Morgan fingerprint density at radius 1 is 1.15 bits per heavy atom. The third-order valence-electron chi connectivity index (χ3n) is 5.23. The summed E-state index contributed by atoms with van der Waals surface area (Å²) in [7, 11) is -3.22. The van der Waals surface area contributed by atoms with Crippen molar-refractivity contribution in [2.24, 2.45) is 0 Å². The van der Waals surface area contributed by atoms with E-state index in [9.17, 15) is 8.42 Å². The van der Waals surface area contributed by atoms with Crippen LogP contribution in [0.1, 0.15) is 37.6 Å². The zero-order valence-corrected chi connectivity index (χ0v) is 15.6. The van der Waals surface area contributed by atoms with Gasteiger partial charge < -0.3 is 9.26 Å². The average molecular weight is 377 g/mol. The SMILES string of the molecule is CS(=O)(=O)c1ccc(-c2noc([C@H]3COCCN3C3CCCC3)n2)cc1. The highest BCUT2D eigenvalue weighted by atomic mass is 32.2. The van der Waals surface area contributed by atoms with Crippen LogP contribution in [0.5, 0.6) is 0 Å². The van der Waals surface area contributed by atoms with Crippen LogP contribution in [0, 0.1) is 0 Å². The van der Waals surface area contributed by atoms with Crippen LogP contribution in [-0.4, -0.2) is 55.5 Å². The van der Waals surface area contributed by atoms with Gasteiger partial charge in [-0.2, -0.15) is 4.98 Å². The standard InChI is InChI=1S/C18H23N3O4S/c1-26(22,23)15-8-6-13(7-9-15)17-19-18(25-20-17)16-12-24-11-10-21(16)14-4-2-3-5-14/h6-9,14,16H,2-5,10-12H2,1H3/t16-/m1/s1. The molecule has 1 aromatic carbocycles. The second-order valence-electron chi connectivity index (χ2n) is 7.02. The minimum absolute atomic E-state index is 0.0107. The zero-order chi connectivity index (χ0) is 18.1. The Hall–Kier alpha value is -1.77. The predicted molar refractivity (Wildman–Crippen MR) is 95.4 cm³/mol. The molecule has 1 aliphatic carbocycles. The number of morpholine rings is 1. The smallest absolute Gasteiger partial charge is 0.246 e. The van der Waals surface area contributed by atoms with E-state index in [0.717, 1.165) is 18.7 Å². The molecule has 0 unspecified atom stereocenters. The lowest BCUT2D eigenvalue weighted by Crippen LogP contribution is -2.44. The number of aromatic nitrogens is 2. The first-order valence-electron chi connectivity index (χ1n) is 9.00. The maximum atomic E-state index is 11.6. The quantitative estimate of drug-likeness (QED) is 0.809. The van der Waals surface area contributed by atoms with Crippen LogP contribution in [0.3, 0.4) is 0 Å². The summed E-state index contributed by atoms with van der Waals surface area (Å²) >= 11 is 0. The molecule has 2 aliphatic rings. The molecule has 2 fully saturated rings. The molecule has 1 aromatic heterocycles. The van der Waals surface area contributed by atoms with Crippen LogP contribution >= 0.6 is 0 Å². The van der Waals surface area contributed by atoms with Gasteiger partial charge in [0.2, 0.25) is 11.7 Å². The molecule has 8 heteroatoms. The lowest BCUT2D eigenvalue weighted by Gasteiger charge is -2.37. The van der Waals surface area contributed by atoms with Crippen molar-refractivity contribution in [3.8, 4) is 11.4 Å². The molecule has 0 amide bonds. The Kier molecular flexibility index (Phi) is 4.81. The third-order valence-corrected chi connectivity index (χ3v) is 6.36. The Balaban J connectivity index is 1.56. The second kappa shape index (κ2) is 7.09. The molecule has 0 radical (unpaired) electrons. The normalized spacial score (nSPS) is 22.7. The van der Waals surface area contributed by atoms with Gasteiger partial charge in [-0.05, 0) is 37.1 Å². The van der Waals surface area contributed by atoms with Crippen molar-refractivity contribution < 1.29 is 17.7 Å². The maximum absolute atomic E-state index is 11.6. The highest BCUT2D eigenvalue weighted by Gasteiger charge is 2.35. The number of hydrogen-bond acceptors (Lipinski definition) is 7. The van der Waals surface area contributed by atoms with Gasteiger partial charge in [-0.1, -0.05) is 18.0 Å². The summed E-state index contributed by atoms with van der Waals surface area (Å²) in [5, 5.41) is 4.10. The van der Waals surface area contributed by atoms with E-state index in [2.05, 4.69) is 15.0 Å². The fraction of sp³-hybridized carbons (Fsp3) is 0.556. The third kappa shape index (κ3) is 3.54. The second-order valence-corrected chi connectivity index (χ2v) is 9.04. The lowest BCUT2D eigenvalue weighted by atomic mass is 10.1. The summed E-state index contributed by atoms with van der Waals surface area (Å²) in [6, 6.07) is 7.09. The van der Waals surface area contributed by atoms with Crippen LogP contribution in [-0.2, 0) is 14.6 Å². The molecule has 0 N–H and O–H groups in total. The molecule has 0 spiro atoms. The molecule has 7 nitrogen and oxygen atoms in total. The summed E-state index contributed by atoms with van der Waals surface area (Å²) in [6.45, 7) is 2.18. The molecular weight excluding hydrogens is 354 g/mol. The molecule has 4 rings (SSSR count). The molecule has 1 atom stereocenters. The zero-order valence-electron chi connectivity index (χ0n) is 14.8. The summed E-state index contributed by atoms with van der Waals surface area (Å²) < 4.78 is 34.4. The number of sulfone groups is 1. The fourth-order valence-electron chi connectivity index (χ4n) is 3.84. The number of rotatable bonds is 4. The Labute approximate surface area is 153 Å². The van der Waals surface area contributed by atoms with E-state index in [1.807, 2.05) is 0 Å². The van der Waals surface area contributed by atoms with E-state index >= 15 is 0 Å². The number of hydrogen-bond donors (Lipinski definition) is 0. The van der Waals surface area contributed by atoms with Gasteiger partial charge in [0.1, 0.15) is 6.04 Å². The molecule has 0 bridgehead atoms. The molecule has 2 heterocycles. The lowest BCUT2D eigenvalue weighted by molar-refractivity contribution is -0.0397. The average Bonchev–Trinajstić information content (AvgIpc) is 3.33. The van der Waals surface area contributed by atoms with E-state index in [-0.39, 0.29) is 10.9 Å². The van der Waals surface area contributed by atoms with Gasteiger partial charge in [0.15, 0.2) is 9.84 Å². The predicted octanol–water partition coefficient (Wildman–Crippen LogP) is 2.46. The maximum Gasteiger partial charge on any atom is 0.246 e. The molecule has 1 aliphatic heterocycles. The van der Waals surface area contributed by atoms with E-state index in [0.29, 0.717) is 24.4 Å². The summed E-state index contributed by atoms with van der Waals surface area (Å²) in [5.74, 6) is 1.04. The van der Waals surface area contributed by atoms with Crippen molar-refractivity contribution in [1.29, 1.82) is 0 Å². The van der Waals surface area contributed by atoms with Gasteiger partial charge in [0, 0.05) is 24.4 Å². The number of nitrogens with zero attached hydrogens (tertiary/aromatic N) is 3. The highest BCUT2D eigenvalue weighted by molar-refractivity contribution is 7.90. The van der Waals surface area contributed by atoms with Crippen molar-refractivity contribution in [3.05, 3.63) is 30.2 Å². The number of ether oxygens (including phenoxy) is 1. The highest BCUT2D eigenvalue weighted by Crippen LogP contribution is 2.33. The van der Waals surface area contributed by atoms with Gasteiger partial charge >= 0.3 is 0 Å². The number of benzene rings is 1. The largest absolute Gasteiger partial charge is 0.378 e. The van der Waals surface area contributed by atoms with Crippen LogP contribution < -0.4 is 0 Å². The van der Waals surface area contributed by atoms with E-state index < -0.39 is 9.84 Å². The molecule has 2 aromatic rings. The first kappa shape index (κ1) is 17.6. The molecule has 140 valence electrons. The minimum atomic E-state index is -3.22. The molecule has 1 saturated heterocycles. The van der Waals surface area contributed by atoms with Crippen LogP contribution in [0.25, 0.3) is 11.4 Å². The Morgan fingerprint density at radius 3 is 2.58 bits per heavy atom. The molecular formula is C18H23N3O4S. The van der Waals surface area contributed by atoms with E-state index in [4.69, 9.17) is 9.26 Å². The first-order valence-corrected chi connectivity index (χ1v) is 10.9. The van der Waals surface area contributed by atoms with Crippen LogP contribution in [0.15, 0.2) is 33.7 Å². The fourth-order valence-corrected chi connectivity index (χ4v) is 4.47. The molecule has 26 heavy (non-hydrogen) atoms.